The number of aliphatic carboxylic acids is 1. The number of nitrogens with one attached hydrogen (secondary N) is 2. The van der Waals surface area contributed by atoms with E-state index < -0.39 is 17.7 Å². The van der Waals surface area contributed by atoms with Crippen LogP contribution in [0.15, 0.2) is 12.1 Å². The van der Waals surface area contributed by atoms with Crippen molar-refractivity contribution in [3.05, 3.63) is 23.5 Å². The molecule has 0 aliphatic carbocycles. The molecule has 0 saturated heterocycles. The van der Waals surface area contributed by atoms with E-state index in [1.807, 2.05) is 0 Å². The minimum absolute atomic E-state index is 0.00478. The largest absolute Gasteiger partial charge is 0.481 e. The normalized spacial score (nSPS) is 13.3. The topological polar surface area (TPSA) is 95.5 Å². The van der Waals surface area contributed by atoms with Gasteiger partial charge in [-0.2, -0.15) is 0 Å². The molecule has 1 heterocycles. The Morgan fingerprint density at radius 3 is 2.76 bits per heavy atom. The summed E-state index contributed by atoms with van der Waals surface area (Å²) in [6.45, 7) is 0. The molecular formula is C14H15FN2O4. The number of halogens is 1. The van der Waals surface area contributed by atoms with Crippen molar-refractivity contribution >= 4 is 29.2 Å². The zero-order valence-corrected chi connectivity index (χ0v) is 11.2. The Bertz CT molecular complexity index is 601. The zero-order chi connectivity index (χ0) is 15.4. The molecule has 0 unspecified atom stereocenters. The third-order valence-electron chi connectivity index (χ3n) is 3.16. The average Bonchev–Trinajstić information content (AvgIpc) is 2.39. The highest BCUT2D eigenvalue weighted by Gasteiger charge is 2.18. The van der Waals surface area contributed by atoms with Crippen LogP contribution in [0, 0.1) is 5.82 Å². The lowest BCUT2D eigenvalue weighted by molar-refractivity contribution is -0.137. The summed E-state index contributed by atoms with van der Waals surface area (Å²) < 4.78 is 13.9. The molecule has 1 aromatic carbocycles. The van der Waals surface area contributed by atoms with E-state index in [-0.39, 0.29) is 30.9 Å². The predicted octanol–water partition coefficient (Wildman–Crippen LogP) is 1.90. The van der Waals surface area contributed by atoms with Crippen molar-refractivity contribution in [1.29, 1.82) is 0 Å². The molecule has 1 aliphatic heterocycles. The Morgan fingerprint density at radius 2 is 2.05 bits per heavy atom. The quantitative estimate of drug-likeness (QED) is 0.773. The van der Waals surface area contributed by atoms with Gasteiger partial charge < -0.3 is 15.7 Å². The minimum Gasteiger partial charge on any atom is -0.481 e. The number of hydrogen-bond donors (Lipinski definition) is 3. The molecule has 0 bridgehead atoms. The molecule has 1 aliphatic rings. The van der Waals surface area contributed by atoms with Gasteiger partial charge in [0, 0.05) is 24.9 Å². The van der Waals surface area contributed by atoms with Crippen LogP contribution in [-0.4, -0.2) is 22.9 Å². The number of carbonyl (C=O) groups is 3. The van der Waals surface area contributed by atoms with Crippen LogP contribution in [-0.2, 0) is 20.8 Å². The van der Waals surface area contributed by atoms with Gasteiger partial charge in [0.2, 0.25) is 11.8 Å². The van der Waals surface area contributed by atoms with E-state index in [9.17, 15) is 18.8 Å². The molecule has 0 fully saturated rings. The molecule has 1 aromatic rings. The molecule has 7 heteroatoms. The van der Waals surface area contributed by atoms with Crippen LogP contribution in [0.3, 0.4) is 0 Å². The van der Waals surface area contributed by atoms with Crippen LogP contribution in [0.2, 0.25) is 0 Å². The number of aryl methyl sites for hydroxylation is 1. The summed E-state index contributed by atoms with van der Waals surface area (Å²) in [5.74, 6) is -2.16. The summed E-state index contributed by atoms with van der Waals surface area (Å²) in [7, 11) is 0. The summed E-state index contributed by atoms with van der Waals surface area (Å²) in [5.41, 5.74) is 1.17. The van der Waals surface area contributed by atoms with Gasteiger partial charge in [-0.15, -0.1) is 0 Å². The Balaban J connectivity index is 2.03. The number of amides is 2. The van der Waals surface area contributed by atoms with Crippen molar-refractivity contribution in [2.75, 3.05) is 10.6 Å². The summed E-state index contributed by atoms with van der Waals surface area (Å²) in [4.78, 5) is 33.3. The Hall–Kier alpha value is -2.44. The number of hydrogen-bond acceptors (Lipinski definition) is 3. The number of carbonyl (C=O) groups excluding carboxylic acids is 2. The number of benzene rings is 1. The first-order valence-corrected chi connectivity index (χ1v) is 6.59. The highest BCUT2D eigenvalue weighted by molar-refractivity contribution is 5.96. The van der Waals surface area contributed by atoms with Gasteiger partial charge in [0.05, 0.1) is 5.69 Å². The second-order valence-corrected chi connectivity index (χ2v) is 4.83. The van der Waals surface area contributed by atoms with Gasteiger partial charge in [0.1, 0.15) is 5.82 Å². The van der Waals surface area contributed by atoms with Gasteiger partial charge in [0.15, 0.2) is 0 Å². The number of rotatable bonds is 5. The highest BCUT2D eigenvalue weighted by Crippen LogP contribution is 2.28. The predicted molar refractivity (Wildman–Crippen MR) is 73.5 cm³/mol. The number of carboxylic acids is 1. The van der Waals surface area contributed by atoms with E-state index in [0.29, 0.717) is 24.1 Å². The number of carboxylic acid groups (broad SMARTS) is 1. The second kappa shape index (κ2) is 6.34. The van der Waals surface area contributed by atoms with Crippen molar-refractivity contribution in [2.45, 2.75) is 32.1 Å². The molecule has 0 spiro atoms. The van der Waals surface area contributed by atoms with Gasteiger partial charge in [-0.3, -0.25) is 14.4 Å². The molecule has 0 atom stereocenters. The molecule has 0 radical (unpaired) electrons. The summed E-state index contributed by atoms with van der Waals surface area (Å²) in [6.07, 6.45) is 0.841. The van der Waals surface area contributed by atoms with Crippen molar-refractivity contribution in [3.63, 3.8) is 0 Å². The third kappa shape index (κ3) is 4.01. The fourth-order valence-corrected chi connectivity index (χ4v) is 2.11. The molecule has 3 N–H and O–H groups in total. The molecule has 2 rings (SSSR count). The molecule has 0 aromatic heterocycles. The minimum atomic E-state index is -0.981. The maximum Gasteiger partial charge on any atom is 0.303 e. The van der Waals surface area contributed by atoms with Gasteiger partial charge in [-0.05, 0) is 30.5 Å². The van der Waals surface area contributed by atoms with Crippen LogP contribution in [0.4, 0.5) is 15.8 Å². The Morgan fingerprint density at radius 1 is 1.29 bits per heavy atom. The lowest BCUT2D eigenvalue weighted by Crippen LogP contribution is -2.20. The van der Waals surface area contributed by atoms with Gasteiger partial charge >= 0.3 is 5.97 Å². The Kier molecular flexibility index (Phi) is 4.52. The summed E-state index contributed by atoms with van der Waals surface area (Å²) >= 11 is 0. The molecule has 21 heavy (non-hydrogen) atoms. The maximum absolute atomic E-state index is 13.9. The van der Waals surface area contributed by atoms with Crippen LogP contribution >= 0.6 is 0 Å². The monoisotopic (exact) mass is 294 g/mol. The molecule has 112 valence electrons. The van der Waals surface area contributed by atoms with Crippen LogP contribution in [0.25, 0.3) is 0 Å². The lowest BCUT2D eigenvalue weighted by atomic mass is 10.0. The maximum atomic E-state index is 13.9. The molecule has 0 saturated carbocycles. The van der Waals surface area contributed by atoms with E-state index >= 15 is 0 Å². The third-order valence-corrected chi connectivity index (χ3v) is 3.16. The standard InChI is InChI=1S/C14H15FN2O4/c15-9-6-8-4-5-13(19)16-10(8)7-11(9)17-12(18)2-1-3-14(20)21/h6-7H,1-5H2,(H,16,19)(H,17,18)(H,20,21). The highest BCUT2D eigenvalue weighted by atomic mass is 19.1. The van der Waals surface area contributed by atoms with E-state index in [2.05, 4.69) is 10.6 Å². The fraction of sp³-hybridized carbons (Fsp3) is 0.357. The summed E-state index contributed by atoms with van der Waals surface area (Å²) in [5, 5.41) is 13.5. The van der Waals surface area contributed by atoms with E-state index in [0.717, 1.165) is 0 Å². The van der Waals surface area contributed by atoms with E-state index in [4.69, 9.17) is 5.11 Å². The SMILES string of the molecule is O=C(O)CCCC(=O)Nc1cc2c(cc1F)CCC(=O)N2. The fourth-order valence-electron chi connectivity index (χ4n) is 2.11. The molecule has 2 amide bonds. The molecular weight excluding hydrogens is 279 g/mol. The average molecular weight is 294 g/mol. The van der Waals surface area contributed by atoms with Crippen LogP contribution in [0.1, 0.15) is 31.2 Å². The Labute approximate surface area is 120 Å². The number of fused-ring (bicyclic) bond motifs is 1. The van der Waals surface area contributed by atoms with Crippen LogP contribution in [0.5, 0.6) is 0 Å². The van der Waals surface area contributed by atoms with Crippen molar-refractivity contribution in [3.8, 4) is 0 Å². The van der Waals surface area contributed by atoms with Crippen LogP contribution < -0.4 is 10.6 Å². The van der Waals surface area contributed by atoms with Crippen molar-refractivity contribution in [2.24, 2.45) is 0 Å². The van der Waals surface area contributed by atoms with Gasteiger partial charge in [-0.1, -0.05) is 0 Å². The van der Waals surface area contributed by atoms with E-state index in [1.165, 1.54) is 12.1 Å². The lowest BCUT2D eigenvalue weighted by Gasteiger charge is -2.18. The van der Waals surface area contributed by atoms with Gasteiger partial charge in [0.25, 0.3) is 0 Å². The van der Waals surface area contributed by atoms with Gasteiger partial charge in [-0.25, -0.2) is 4.39 Å². The smallest absolute Gasteiger partial charge is 0.303 e. The van der Waals surface area contributed by atoms with Crippen molar-refractivity contribution in [1.82, 2.24) is 0 Å². The number of anilines is 2. The first-order valence-electron chi connectivity index (χ1n) is 6.59. The van der Waals surface area contributed by atoms with Crippen molar-refractivity contribution < 1.29 is 23.9 Å². The second-order valence-electron chi connectivity index (χ2n) is 4.83. The first-order chi connectivity index (χ1) is 9.95. The molecule has 6 nitrogen and oxygen atoms in total. The van der Waals surface area contributed by atoms with E-state index in [1.54, 1.807) is 0 Å². The first kappa shape index (κ1) is 15.0. The summed E-state index contributed by atoms with van der Waals surface area (Å²) in [6, 6.07) is 2.68. The zero-order valence-electron chi connectivity index (χ0n) is 11.2.